The fourth-order valence-corrected chi connectivity index (χ4v) is 3.71. The Bertz CT molecular complexity index is 957. The number of non-ortho nitro benzene ring substituents is 1. The van der Waals surface area contributed by atoms with E-state index in [2.05, 4.69) is 10.0 Å². The molecule has 0 saturated heterocycles. The molecule has 0 fully saturated rings. The van der Waals surface area contributed by atoms with Gasteiger partial charge >= 0.3 is 0 Å². The third kappa shape index (κ3) is 8.23. The topological polar surface area (TPSA) is 165 Å². The minimum atomic E-state index is -3.82. The summed E-state index contributed by atoms with van der Waals surface area (Å²) in [6, 6.07) is 13.0. The molecular formula is C19H25ClN4O6S. The van der Waals surface area contributed by atoms with Crippen molar-refractivity contribution in [3.8, 4) is 0 Å². The highest BCUT2D eigenvalue weighted by atomic mass is 35.5. The second kappa shape index (κ2) is 12.3. The number of aliphatic hydroxyl groups is 1. The van der Waals surface area contributed by atoms with Crippen molar-refractivity contribution in [3.63, 3.8) is 0 Å². The molecule has 2 aromatic carbocycles. The molecule has 1 amide bonds. The molecule has 0 aliphatic carbocycles. The number of nitrogens with two attached hydrogens (primary N) is 1. The van der Waals surface area contributed by atoms with Crippen LogP contribution >= 0.6 is 12.4 Å². The second-order valence-corrected chi connectivity index (χ2v) is 8.36. The molecule has 0 spiro atoms. The zero-order valence-electron chi connectivity index (χ0n) is 16.5. The molecule has 0 saturated carbocycles. The quantitative estimate of drug-likeness (QED) is 0.212. The Kier molecular flexibility index (Phi) is 10.5. The number of carbonyl (C=O) groups is 1. The summed E-state index contributed by atoms with van der Waals surface area (Å²) < 4.78 is 26.7. The maximum absolute atomic E-state index is 12.2. The van der Waals surface area contributed by atoms with Gasteiger partial charge in [0, 0.05) is 31.3 Å². The maximum atomic E-state index is 12.2. The first kappa shape index (κ1) is 26.5. The third-order valence-corrected chi connectivity index (χ3v) is 5.77. The van der Waals surface area contributed by atoms with E-state index in [0.717, 1.165) is 29.8 Å². The van der Waals surface area contributed by atoms with Crippen LogP contribution in [0.15, 0.2) is 59.5 Å². The molecule has 0 bridgehead atoms. The van der Waals surface area contributed by atoms with Crippen molar-refractivity contribution < 1.29 is 23.2 Å². The number of benzene rings is 2. The molecule has 5 N–H and O–H groups in total. The molecule has 0 aliphatic rings. The van der Waals surface area contributed by atoms with Crippen LogP contribution in [0.25, 0.3) is 0 Å². The van der Waals surface area contributed by atoms with Gasteiger partial charge in [-0.25, -0.2) is 13.1 Å². The molecule has 2 rings (SSSR count). The van der Waals surface area contributed by atoms with E-state index < -0.39 is 33.0 Å². The van der Waals surface area contributed by atoms with Gasteiger partial charge < -0.3 is 16.2 Å². The average molecular weight is 473 g/mol. The maximum Gasteiger partial charge on any atom is 0.269 e. The van der Waals surface area contributed by atoms with Gasteiger partial charge in [-0.15, -0.1) is 12.4 Å². The molecule has 2 unspecified atom stereocenters. The number of hydrogen-bond acceptors (Lipinski definition) is 7. The Morgan fingerprint density at radius 3 is 2.29 bits per heavy atom. The van der Waals surface area contributed by atoms with Crippen LogP contribution in [0.5, 0.6) is 0 Å². The first-order valence-electron chi connectivity index (χ1n) is 9.20. The van der Waals surface area contributed by atoms with E-state index >= 15 is 0 Å². The summed E-state index contributed by atoms with van der Waals surface area (Å²) in [5.41, 5.74) is 6.58. The van der Waals surface area contributed by atoms with Gasteiger partial charge in [0.2, 0.25) is 15.9 Å². The van der Waals surface area contributed by atoms with E-state index in [-0.39, 0.29) is 42.5 Å². The van der Waals surface area contributed by atoms with Crippen molar-refractivity contribution in [2.24, 2.45) is 5.73 Å². The van der Waals surface area contributed by atoms with Gasteiger partial charge in [-0.2, -0.15) is 0 Å². The fraction of sp³-hybridized carbons (Fsp3) is 0.316. The monoisotopic (exact) mass is 472 g/mol. The van der Waals surface area contributed by atoms with Crippen molar-refractivity contribution in [1.29, 1.82) is 0 Å². The molecule has 2 aromatic rings. The van der Waals surface area contributed by atoms with Crippen molar-refractivity contribution in [2.75, 3.05) is 13.1 Å². The van der Waals surface area contributed by atoms with Crippen LogP contribution in [0.3, 0.4) is 0 Å². The summed E-state index contributed by atoms with van der Waals surface area (Å²) in [6.07, 6.45) is -0.773. The van der Waals surface area contributed by atoms with Crippen molar-refractivity contribution in [1.82, 2.24) is 10.0 Å². The standard InChI is InChI=1S/C19H24N4O6S.ClH/c20-17(13-14-5-2-1-3-6-14)18(24)19(25)21-11-4-12-22-30(28,29)16-9-7-15(8-10-16)23(26)27;/h1-3,5-10,17-18,22,24H,4,11-13,20H2,(H,21,25);1H. The number of nitrogens with one attached hydrogen (secondary N) is 2. The number of nitrogens with zero attached hydrogens (tertiary/aromatic N) is 1. The lowest BCUT2D eigenvalue weighted by molar-refractivity contribution is -0.384. The van der Waals surface area contributed by atoms with E-state index in [9.17, 15) is 28.4 Å². The van der Waals surface area contributed by atoms with Crippen LogP contribution in [0.2, 0.25) is 0 Å². The molecule has 0 aliphatic heterocycles. The number of nitro groups is 1. The lowest BCUT2D eigenvalue weighted by Gasteiger charge is -2.18. The summed E-state index contributed by atoms with van der Waals surface area (Å²) in [5.74, 6) is -0.628. The van der Waals surface area contributed by atoms with E-state index in [4.69, 9.17) is 5.73 Å². The molecule has 0 aromatic heterocycles. The Hall–Kier alpha value is -2.57. The summed E-state index contributed by atoms with van der Waals surface area (Å²) in [6.45, 7) is 0.169. The lowest BCUT2D eigenvalue weighted by Crippen LogP contribution is -2.47. The molecule has 0 heterocycles. The van der Waals surface area contributed by atoms with Gasteiger partial charge in [0.1, 0.15) is 6.10 Å². The van der Waals surface area contributed by atoms with Crippen molar-refractivity contribution in [2.45, 2.75) is 29.9 Å². The normalized spacial score (nSPS) is 13.0. The molecule has 31 heavy (non-hydrogen) atoms. The minimum Gasteiger partial charge on any atom is -0.382 e. The molecule has 2 atom stereocenters. The van der Waals surface area contributed by atoms with E-state index in [1.165, 1.54) is 0 Å². The van der Waals surface area contributed by atoms with Crippen LogP contribution in [0, 0.1) is 10.1 Å². The Labute approximate surface area is 186 Å². The Balaban J connectivity index is 0.00000480. The van der Waals surface area contributed by atoms with Crippen LogP contribution in [-0.4, -0.2) is 49.6 Å². The SMILES string of the molecule is Cl.NC(Cc1ccccc1)C(O)C(=O)NCCCNS(=O)(=O)c1ccc([N+](=O)[O-])cc1. The predicted octanol–water partition coefficient (Wildman–Crippen LogP) is 0.732. The highest BCUT2D eigenvalue weighted by Crippen LogP contribution is 2.15. The highest BCUT2D eigenvalue weighted by molar-refractivity contribution is 7.89. The zero-order valence-corrected chi connectivity index (χ0v) is 18.1. The van der Waals surface area contributed by atoms with Crippen molar-refractivity contribution in [3.05, 3.63) is 70.3 Å². The van der Waals surface area contributed by atoms with Gasteiger partial charge in [-0.3, -0.25) is 14.9 Å². The van der Waals surface area contributed by atoms with Crippen molar-refractivity contribution >= 4 is 34.0 Å². The number of sulfonamides is 1. The van der Waals surface area contributed by atoms with Gasteiger partial charge in [0.05, 0.1) is 9.82 Å². The minimum absolute atomic E-state index is 0. The Morgan fingerprint density at radius 1 is 1.10 bits per heavy atom. The largest absolute Gasteiger partial charge is 0.382 e. The van der Waals surface area contributed by atoms with E-state index in [1.807, 2.05) is 30.3 Å². The number of hydrogen-bond donors (Lipinski definition) is 4. The number of amides is 1. The number of nitro benzene ring substituents is 1. The van der Waals surface area contributed by atoms with E-state index in [0.29, 0.717) is 6.42 Å². The zero-order chi connectivity index (χ0) is 22.1. The number of carbonyl (C=O) groups excluding carboxylic acids is 1. The molecule has 12 heteroatoms. The molecular weight excluding hydrogens is 448 g/mol. The average Bonchev–Trinajstić information content (AvgIpc) is 2.73. The summed E-state index contributed by atoms with van der Waals surface area (Å²) in [7, 11) is -3.82. The van der Waals surface area contributed by atoms with Crippen LogP contribution in [0.4, 0.5) is 5.69 Å². The first-order valence-corrected chi connectivity index (χ1v) is 10.7. The van der Waals surface area contributed by atoms with E-state index in [1.54, 1.807) is 0 Å². The molecule has 170 valence electrons. The van der Waals surface area contributed by atoms with Gasteiger partial charge in [-0.1, -0.05) is 30.3 Å². The van der Waals surface area contributed by atoms with Crippen LogP contribution in [-0.2, 0) is 21.2 Å². The highest BCUT2D eigenvalue weighted by Gasteiger charge is 2.22. The molecule has 0 radical (unpaired) electrons. The Morgan fingerprint density at radius 2 is 1.71 bits per heavy atom. The smallest absolute Gasteiger partial charge is 0.269 e. The first-order chi connectivity index (χ1) is 14.2. The lowest BCUT2D eigenvalue weighted by atomic mass is 10.0. The number of rotatable bonds is 11. The number of aliphatic hydroxyl groups excluding tert-OH is 1. The van der Waals surface area contributed by atoms with Crippen LogP contribution in [0.1, 0.15) is 12.0 Å². The summed E-state index contributed by atoms with van der Waals surface area (Å²) >= 11 is 0. The second-order valence-electron chi connectivity index (χ2n) is 6.59. The number of halogens is 1. The fourth-order valence-electron chi connectivity index (χ4n) is 2.63. The summed E-state index contributed by atoms with van der Waals surface area (Å²) in [5, 5.41) is 23.2. The predicted molar refractivity (Wildman–Crippen MR) is 117 cm³/mol. The van der Waals surface area contributed by atoms with Gasteiger partial charge in [-0.05, 0) is 30.5 Å². The summed E-state index contributed by atoms with van der Waals surface area (Å²) in [4.78, 5) is 21.9. The van der Waals surface area contributed by atoms with Gasteiger partial charge in [0.25, 0.3) is 5.69 Å². The van der Waals surface area contributed by atoms with Crippen LogP contribution < -0.4 is 15.8 Å². The third-order valence-electron chi connectivity index (χ3n) is 4.29. The molecule has 10 nitrogen and oxygen atoms in total. The van der Waals surface area contributed by atoms with Gasteiger partial charge in [0.15, 0.2) is 0 Å².